The van der Waals surface area contributed by atoms with Crippen molar-refractivity contribution in [3.8, 4) is 22.4 Å². The van der Waals surface area contributed by atoms with E-state index in [1.54, 1.807) is 0 Å². The molecule has 0 saturated heterocycles. The summed E-state index contributed by atoms with van der Waals surface area (Å²) in [6.45, 7) is 2.15. The lowest BCUT2D eigenvalue weighted by atomic mass is 9.64. The van der Waals surface area contributed by atoms with Crippen LogP contribution in [0, 0.1) is 12.3 Å². The number of aromatic nitrogens is 1. The Balaban J connectivity index is 1.50. The quantitative estimate of drug-likeness (QED) is 0.439. The van der Waals surface area contributed by atoms with Crippen molar-refractivity contribution >= 4 is 0 Å². The van der Waals surface area contributed by atoms with Gasteiger partial charge in [-0.3, -0.25) is 0 Å². The van der Waals surface area contributed by atoms with Crippen molar-refractivity contribution in [1.82, 2.24) is 0 Å². The van der Waals surface area contributed by atoms with Crippen molar-refractivity contribution in [2.75, 3.05) is 0 Å². The van der Waals surface area contributed by atoms with Crippen molar-refractivity contribution < 1.29 is 7.31 Å². The molecule has 0 unspecified atom stereocenters. The Bertz CT molecular complexity index is 1130. The van der Waals surface area contributed by atoms with Crippen molar-refractivity contribution in [2.45, 2.75) is 58.2 Å². The molecular weight excluding hydrogens is 350 g/mol. The first kappa shape index (κ1) is 16.4. The summed E-state index contributed by atoms with van der Waals surface area (Å²) in [5.41, 5.74) is 8.08. The van der Waals surface area contributed by atoms with Crippen LogP contribution in [0.2, 0.25) is 0 Å². The molecule has 0 amide bonds. The second-order valence-corrected chi connectivity index (χ2v) is 9.07. The molecule has 1 saturated carbocycles. The van der Waals surface area contributed by atoms with Crippen LogP contribution in [0.3, 0.4) is 0 Å². The van der Waals surface area contributed by atoms with Crippen LogP contribution < -0.4 is 4.57 Å². The van der Waals surface area contributed by atoms with Gasteiger partial charge < -0.3 is 0 Å². The van der Waals surface area contributed by atoms with Crippen LogP contribution in [-0.4, -0.2) is 0 Å². The highest BCUT2D eigenvalue weighted by atomic mass is 14.9. The van der Waals surface area contributed by atoms with Gasteiger partial charge in [0.25, 0.3) is 0 Å². The summed E-state index contributed by atoms with van der Waals surface area (Å²) < 4.78 is 20.3. The van der Waals surface area contributed by atoms with Crippen LogP contribution in [0.15, 0.2) is 60.8 Å². The fraction of sp³-hybridized carbons (Fsp3) is 0.393. The van der Waals surface area contributed by atoms with Gasteiger partial charge in [0.2, 0.25) is 5.69 Å². The maximum Gasteiger partial charge on any atom is 0.212 e. The van der Waals surface area contributed by atoms with Crippen LogP contribution in [0.4, 0.5) is 0 Å². The zero-order valence-electron chi connectivity index (χ0n) is 19.7. The number of benzene rings is 2. The largest absolute Gasteiger partial charge is 0.212 e. The third-order valence-electron chi connectivity index (χ3n) is 7.08. The molecule has 2 aliphatic rings. The summed E-state index contributed by atoms with van der Waals surface area (Å²) in [6.07, 6.45) is 8.65. The molecule has 0 aliphatic heterocycles. The first-order chi connectivity index (χ1) is 14.9. The Kier molecular flexibility index (Phi) is 4.21. The third kappa shape index (κ3) is 3.52. The maximum absolute atomic E-state index is 9.07. The van der Waals surface area contributed by atoms with Gasteiger partial charge in [0.1, 0.15) is 7.05 Å². The normalized spacial score (nSPS) is 20.6. The first-order valence-corrected chi connectivity index (χ1v) is 11.1. The predicted octanol–water partition coefficient (Wildman–Crippen LogP) is 6.59. The summed E-state index contributed by atoms with van der Waals surface area (Å²) in [5.74, 6) is 0. The molecule has 1 heterocycles. The minimum atomic E-state index is -1.22. The van der Waals surface area contributed by atoms with Crippen molar-refractivity contribution in [3.63, 3.8) is 0 Å². The number of aryl methyl sites for hydroxylation is 3. The Morgan fingerprint density at radius 3 is 2.45 bits per heavy atom. The summed E-state index contributed by atoms with van der Waals surface area (Å²) in [5, 5.41) is 0. The van der Waals surface area contributed by atoms with Crippen molar-refractivity contribution in [1.29, 1.82) is 0 Å². The van der Waals surface area contributed by atoms with E-state index in [1.165, 1.54) is 52.8 Å². The predicted molar refractivity (Wildman–Crippen MR) is 121 cm³/mol. The monoisotopic (exact) mass is 384 g/mol. The van der Waals surface area contributed by atoms with Crippen LogP contribution in [0.5, 0.6) is 0 Å². The van der Waals surface area contributed by atoms with Gasteiger partial charge in [-0.25, -0.2) is 4.57 Å². The van der Waals surface area contributed by atoms with Gasteiger partial charge in [0.15, 0.2) is 6.20 Å². The van der Waals surface area contributed by atoms with Crippen molar-refractivity contribution in [3.05, 3.63) is 77.5 Å². The molecule has 3 aromatic rings. The molecule has 0 radical (unpaired) electrons. The molecule has 5 rings (SSSR count). The molecule has 2 aliphatic carbocycles. The van der Waals surface area contributed by atoms with E-state index >= 15 is 0 Å². The van der Waals surface area contributed by atoms with Gasteiger partial charge in [0, 0.05) is 19.9 Å². The SMILES string of the molecule is [2H]C1([2H])c2ccc(-c3ccc(-c4ccccc4C)[n+](C)c3)cc2CCC12CCCCC2. The average molecular weight is 385 g/mol. The zero-order chi connectivity index (χ0) is 21.6. The number of pyridine rings is 1. The fourth-order valence-electron chi connectivity index (χ4n) is 5.35. The van der Waals surface area contributed by atoms with Gasteiger partial charge in [-0.05, 0) is 78.8 Å². The number of fused-ring (bicyclic) bond motifs is 1. The van der Waals surface area contributed by atoms with E-state index in [4.69, 9.17) is 2.74 Å². The highest BCUT2D eigenvalue weighted by Crippen LogP contribution is 2.46. The lowest BCUT2D eigenvalue weighted by Gasteiger charge is -2.41. The molecule has 1 spiro atoms. The molecule has 148 valence electrons. The molecule has 1 heteroatoms. The van der Waals surface area contributed by atoms with Crippen LogP contribution >= 0.6 is 0 Å². The van der Waals surface area contributed by atoms with Gasteiger partial charge in [-0.2, -0.15) is 0 Å². The summed E-state index contributed by atoms with van der Waals surface area (Å²) in [6, 6.07) is 19.3. The van der Waals surface area contributed by atoms with E-state index in [0.717, 1.165) is 31.2 Å². The Labute approximate surface area is 178 Å². The van der Waals surface area contributed by atoms with Crippen LogP contribution in [0.25, 0.3) is 22.4 Å². The first-order valence-electron chi connectivity index (χ1n) is 12.1. The molecule has 0 bridgehead atoms. The van der Waals surface area contributed by atoms with Crippen molar-refractivity contribution in [2.24, 2.45) is 12.5 Å². The number of rotatable bonds is 2. The van der Waals surface area contributed by atoms with Gasteiger partial charge in [-0.15, -0.1) is 0 Å². The van der Waals surface area contributed by atoms with E-state index in [1.807, 2.05) is 0 Å². The van der Waals surface area contributed by atoms with E-state index in [0.29, 0.717) is 0 Å². The van der Waals surface area contributed by atoms with Crippen LogP contribution in [-0.2, 0) is 19.8 Å². The molecule has 1 nitrogen and oxygen atoms in total. The number of hydrogen-bond donors (Lipinski definition) is 0. The average Bonchev–Trinajstić information content (AvgIpc) is 2.78. The van der Waals surface area contributed by atoms with Gasteiger partial charge >= 0.3 is 0 Å². The van der Waals surface area contributed by atoms with Gasteiger partial charge in [0.05, 0.1) is 0 Å². The smallest absolute Gasteiger partial charge is 0.200 e. The lowest BCUT2D eigenvalue weighted by Crippen LogP contribution is -2.31. The minimum absolute atomic E-state index is 0.151. The molecule has 0 N–H and O–H groups in total. The summed E-state index contributed by atoms with van der Waals surface area (Å²) in [7, 11) is 2.11. The zero-order valence-corrected chi connectivity index (χ0v) is 17.7. The summed E-state index contributed by atoms with van der Waals surface area (Å²) in [4.78, 5) is 0. The number of nitrogens with zero attached hydrogens (tertiary/aromatic N) is 1. The highest BCUT2D eigenvalue weighted by Gasteiger charge is 2.35. The van der Waals surface area contributed by atoms with E-state index < -0.39 is 6.37 Å². The molecule has 0 atom stereocenters. The lowest BCUT2D eigenvalue weighted by molar-refractivity contribution is -0.659. The van der Waals surface area contributed by atoms with E-state index in [9.17, 15) is 0 Å². The topological polar surface area (TPSA) is 3.88 Å². The highest BCUT2D eigenvalue weighted by molar-refractivity contribution is 5.67. The number of hydrogen-bond acceptors (Lipinski definition) is 0. The molecule has 1 aromatic heterocycles. The second kappa shape index (κ2) is 7.44. The molecular formula is C28H32N+. The summed E-state index contributed by atoms with van der Waals surface area (Å²) >= 11 is 0. The Morgan fingerprint density at radius 2 is 1.66 bits per heavy atom. The fourth-order valence-corrected chi connectivity index (χ4v) is 5.35. The minimum Gasteiger partial charge on any atom is -0.200 e. The van der Waals surface area contributed by atoms with Gasteiger partial charge in [-0.1, -0.05) is 55.7 Å². The second-order valence-electron chi connectivity index (χ2n) is 9.07. The Hall–Kier alpha value is -2.41. The van der Waals surface area contributed by atoms with Crippen LogP contribution in [0.1, 0.15) is 58.0 Å². The molecule has 29 heavy (non-hydrogen) atoms. The van der Waals surface area contributed by atoms with E-state index in [2.05, 4.69) is 79.3 Å². The molecule has 1 fully saturated rings. The maximum atomic E-state index is 9.07. The molecule has 2 aromatic carbocycles. The third-order valence-corrected chi connectivity index (χ3v) is 7.08. The van der Waals surface area contributed by atoms with E-state index in [-0.39, 0.29) is 5.41 Å². The standard InChI is InChI=1S/C28H32N/c1-21-8-4-5-9-26(21)27-13-12-25(20-29(27)2)22-10-11-24-19-28(15-6-3-7-16-28)17-14-23(24)18-22/h4-5,8-13,18,20H,3,6-7,14-17,19H2,1-2H3/q+1/i19D2. The Morgan fingerprint density at radius 1 is 0.862 bits per heavy atom.